The molecule has 162 valence electrons. The molecule has 1 N–H and O–H groups in total. The van der Waals surface area contributed by atoms with Gasteiger partial charge in [-0.3, -0.25) is 10.1 Å². The van der Waals surface area contributed by atoms with E-state index in [0.29, 0.717) is 5.75 Å². The molecule has 0 aliphatic heterocycles. The van der Waals surface area contributed by atoms with Gasteiger partial charge in [0.15, 0.2) is 0 Å². The lowest BCUT2D eigenvalue weighted by atomic mass is 10.1. The van der Waals surface area contributed by atoms with E-state index in [1.165, 1.54) is 12.1 Å². The Bertz CT molecular complexity index is 1280. The third-order valence-corrected chi connectivity index (χ3v) is 4.26. The highest BCUT2D eigenvalue weighted by atomic mass is 19.4. The summed E-state index contributed by atoms with van der Waals surface area (Å²) in [6, 6.07) is 17.4. The van der Waals surface area contributed by atoms with Gasteiger partial charge in [0.2, 0.25) is 5.82 Å². The second-order valence-corrected chi connectivity index (χ2v) is 6.44. The molecular formula is C21H13F3N4O4. The lowest BCUT2D eigenvalue weighted by molar-refractivity contribution is -0.385. The quantitative estimate of drug-likeness (QED) is 0.290. The molecule has 0 bridgehead atoms. The maximum atomic E-state index is 12.3. The molecule has 0 saturated heterocycles. The molecule has 1 heterocycles. The van der Waals surface area contributed by atoms with Crippen LogP contribution in [-0.4, -0.2) is 21.3 Å². The van der Waals surface area contributed by atoms with Crippen LogP contribution in [0.15, 0.2) is 73.1 Å². The number of nitrogens with one attached hydrogen (secondary N) is 1. The Morgan fingerprint density at radius 3 is 2.28 bits per heavy atom. The van der Waals surface area contributed by atoms with E-state index in [0.717, 1.165) is 29.2 Å². The number of aromatic nitrogens is 2. The summed E-state index contributed by atoms with van der Waals surface area (Å²) >= 11 is 0. The van der Waals surface area contributed by atoms with Crippen LogP contribution >= 0.6 is 0 Å². The predicted octanol–water partition coefficient (Wildman–Crippen LogP) is 5.97. The van der Waals surface area contributed by atoms with E-state index in [1.807, 2.05) is 24.3 Å². The summed E-state index contributed by atoms with van der Waals surface area (Å²) in [6.45, 7) is 0. The number of alkyl halides is 3. The number of anilines is 2. The normalized spacial score (nSPS) is 11.2. The molecule has 8 nitrogen and oxygen atoms in total. The SMILES string of the molecule is O=[N+]([O-])c1c(Nc2ccc(OC(F)(F)F)cc2)ncnc1Oc1ccc2ccccc2c1. The van der Waals surface area contributed by atoms with E-state index in [2.05, 4.69) is 20.0 Å². The van der Waals surface area contributed by atoms with Crippen LogP contribution < -0.4 is 14.8 Å². The molecule has 0 radical (unpaired) electrons. The Morgan fingerprint density at radius 2 is 1.59 bits per heavy atom. The molecule has 1 aromatic heterocycles. The maximum absolute atomic E-state index is 12.3. The number of fused-ring (bicyclic) bond motifs is 1. The van der Waals surface area contributed by atoms with Crippen LogP contribution in [-0.2, 0) is 0 Å². The molecule has 0 amide bonds. The van der Waals surface area contributed by atoms with Crippen molar-refractivity contribution >= 4 is 28.0 Å². The number of hydrogen-bond acceptors (Lipinski definition) is 7. The minimum atomic E-state index is -4.82. The fourth-order valence-electron chi connectivity index (χ4n) is 2.91. The van der Waals surface area contributed by atoms with Gasteiger partial charge < -0.3 is 14.8 Å². The second-order valence-electron chi connectivity index (χ2n) is 6.44. The molecule has 4 rings (SSSR count). The Hall–Kier alpha value is -4.41. The van der Waals surface area contributed by atoms with E-state index < -0.39 is 22.7 Å². The van der Waals surface area contributed by atoms with Gasteiger partial charge in [0.1, 0.15) is 17.8 Å². The molecule has 0 fully saturated rings. The standard InChI is InChI=1S/C21H13F3N4O4/c22-21(23,24)32-16-9-6-15(7-10-16)27-19-18(28(29)30)20(26-12-25-19)31-17-8-5-13-3-1-2-4-14(13)11-17/h1-12H,(H,25,26,27). The molecule has 0 aliphatic rings. The van der Waals surface area contributed by atoms with Crippen LogP contribution in [0.5, 0.6) is 17.4 Å². The van der Waals surface area contributed by atoms with E-state index in [-0.39, 0.29) is 17.4 Å². The average molecular weight is 442 g/mol. The summed E-state index contributed by atoms with van der Waals surface area (Å²) in [7, 11) is 0. The molecule has 0 atom stereocenters. The Morgan fingerprint density at radius 1 is 0.906 bits per heavy atom. The molecule has 0 spiro atoms. The Labute approximate surface area is 178 Å². The van der Waals surface area contributed by atoms with Gasteiger partial charge in [-0.05, 0) is 47.2 Å². The number of nitrogens with zero attached hydrogens (tertiary/aromatic N) is 3. The largest absolute Gasteiger partial charge is 0.573 e. The van der Waals surface area contributed by atoms with Crippen LogP contribution in [0.25, 0.3) is 10.8 Å². The Kier molecular flexibility index (Phi) is 5.46. The highest BCUT2D eigenvalue weighted by molar-refractivity contribution is 5.83. The first-order valence-electron chi connectivity index (χ1n) is 9.07. The van der Waals surface area contributed by atoms with E-state index >= 15 is 0 Å². The van der Waals surface area contributed by atoms with Crippen LogP contribution in [0.2, 0.25) is 0 Å². The number of nitro groups is 1. The Balaban J connectivity index is 1.61. The number of ether oxygens (including phenoxy) is 2. The molecule has 4 aromatic rings. The van der Waals surface area contributed by atoms with Crippen molar-refractivity contribution in [1.82, 2.24) is 9.97 Å². The number of hydrogen-bond donors (Lipinski definition) is 1. The van der Waals surface area contributed by atoms with Crippen LogP contribution in [0, 0.1) is 10.1 Å². The second kappa shape index (κ2) is 8.38. The fraction of sp³-hybridized carbons (Fsp3) is 0.0476. The summed E-state index contributed by atoms with van der Waals surface area (Å²) in [5.41, 5.74) is -0.283. The first-order chi connectivity index (χ1) is 15.3. The van der Waals surface area contributed by atoms with Gasteiger partial charge in [-0.2, -0.15) is 4.98 Å². The van der Waals surface area contributed by atoms with Crippen LogP contribution in [0.4, 0.5) is 30.4 Å². The molecule has 0 aliphatic carbocycles. The first kappa shape index (κ1) is 20.8. The van der Waals surface area contributed by atoms with Crippen molar-refractivity contribution in [3.63, 3.8) is 0 Å². The molecular weight excluding hydrogens is 429 g/mol. The lowest BCUT2D eigenvalue weighted by Crippen LogP contribution is -2.17. The number of benzene rings is 3. The van der Waals surface area contributed by atoms with Gasteiger partial charge in [-0.15, -0.1) is 13.2 Å². The third kappa shape index (κ3) is 4.83. The van der Waals surface area contributed by atoms with E-state index in [1.54, 1.807) is 18.2 Å². The minimum absolute atomic E-state index is 0.190. The van der Waals surface area contributed by atoms with Crippen molar-refractivity contribution in [2.24, 2.45) is 0 Å². The average Bonchev–Trinajstić information content (AvgIpc) is 2.74. The van der Waals surface area contributed by atoms with Gasteiger partial charge in [0.05, 0.1) is 4.92 Å². The molecule has 3 aromatic carbocycles. The van der Waals surface area contributed by atoms with Gasteiger partial charge in [0, 0.05) is 5.69 Å². The zero-order valence-corrected chi connectivity index (χ0v) is 16.0. The van der Waals surface area contributed by atoms with E-state index in [9.17, 15) is 23.3 Å². The zero-order valence-electron chi connectivity index (χ0n) is 16.0. The first-order valence-corrected chi connectivity index (χ1v) is 9.07. The highest BCUT2D eigenvalue weighted by Gasteiger charge is 2.31. The van der Waals surface area contributed by atoms with Gasteiger partial charge >= 0.3 is 17.9 Å². The van der Waals surface area contributed by atoms with Crippen molar-refractivity contribution < 1.29 is 27.6 Å². The monoisotopic (exact) mass is 442 g/mol. The summed E-state index contributed by atoms with van der Waals surface area (Å²) in [5, 5.41) is 16.2. The summed E-state index contributed by atoms with van der Waals surface area (Å²) in [4.78, 5) is 18.7. The van der Waals surface area contributed by atoms with Crippen molar-refractivity contribution in [1.29, 1.82) is 0 Å². The molecule has 0 unspecified atom stereocenters. The summed E-state index contributed by atoms with van der Waals surface area (Å²) in [5.74, 6) is -0.573. The number of rotatable bonds is 6. The van der Waals surface area contributed by atoms with Gasteiger partial charge in [-0.1, -0.05) is 30.3 Å². The lowest BCUT2D eigenvalue weighted by Gasteiger charge is -2.11. The molecule has 11 heteroatoms. The van der Waals surface area contributed by atoms with Crippen molar-refractivity contribution in [2.75, 3.05) is 5.32 Å². The van der Waals surface area contributed by atoms with Crippen molar-refractivity contribution in [3.05, 3.63) is 83.2 Å². The van der Waals surface area contributed by atoms with Crippen LogP contribution in [0.1, 0.15) is 0 Å². The molecule has 32 heavy (non-hydrogen) atoms. The van der Waals surface area contributed by atoms with Gasteiger partial charge in [-0.25, -0.2) is 4.98 Å². The molecule has 0 saturated carbocycles. The summed E-state index contributed by atoms with van der Waals surface area (Å²) in [6.07, 6.45) is -3.75. The number of halogens is 3. The van der Waals surface area contributed by atoms with E-state index in [4.69, 9.17) is 4.74 Å². The van der Waals surface area contributed by atoms with Crippen LogP contribution in [0.3, 0.4) is 0 Å². The third-order valence-electron chi connectivity index (χ3n) is 4.26. The smallest absolute Gasteiger partial charge is 0.434 e. The highest BCUT2D eigenvalue weighted by Crippen LogP contribution is 2.36. The fourth-order valence-corrected chi connectivity index (χ4v) is 2.91. The topological polar surface area (TPSA) is 99.4 Å². The minimum Gasteiger partial charge on any atom is -0.434 e. The summed E-state index contributed by atoms with van der Waals surface area (Å²) < 4.78 is 46.3. The predicted molar refractivity (Wildman–Crippen MR) is 109 cm³/mol. The van der Waals surface area contributed by atoms with Crippen molar-refractivity contribution in [2.45, 2.75) is 6.36 Å². The van der Waals surface area contributed by atoms with Gasteiger partial charge in [0.25, 0.3) is 0 Å². The van der Waals surface area contributed by atoms with Crippen molar-refractivity contribution in [3.8, 4) is 17.4 Å². The maximum Gasteiger partial charge on any atom is 0.573 e. The zero-order chi connectivity index (χ0) is 22.7.